The van der Waals surface area contributed by atoms with Crippen molar-refractivity contribution in [2.24, 2.45) is 7.05 Å². The molecule has 118 valence electrons. The first kappa shape index (κ1) is 14.5. The monoisotopic (exact) mass is 312 g/mol. The Morgan fingerprint density at radius 2 is 2.05 bits per heavy atom. The predicted molar refractivity (Wildman–Crippen MR) is 68.8 cm³/mol. The van der Waals surface area contributed by atoms with Crippen molar-refractivity contribution >= 4 is 16.9 Å². The van der Waals surface area contributed by atoms with E-state index in [1.165, 1.54) is 14.0 Å². The molecule has 22 heavy (non-hydrogen) atoms. The molecule has 1 fully saturated rings. The normalized spacial score (nSPS) is 28.4. The van der Waals surface area contributed by atoms with Crippen LogP contribution in [0.25, 0.3) is 11.0 Å². The van der Waals surface area contributed by atoms with Gasteiger partial charge in [0.1, 0.15) is 12.2 Å². The maximum Gasteiger partial charge on any atom is 0.418 e. The fraction of sp³-hybridized carbons (Fsp3) is 0.600. The van der Waals surface area contributed by atoms with Crippen molar-refractivity contribution in [1.29, 1.82) is 0 Å². The molecule has 3 heterocycles. The number of aryl methyl sites for hydroxylation is 1. The van der Waals surface area contributed by atoms with E-state index >= 15 is 0 Å². The van der Waals surface area contributed by atoms with E-state index in [-0.39, 0.29) is 11.0 Å². The van der Waals surface area contributed by atoms with Gasteiger partial charge in [0.2, 0.25) is 5.52 Å². The minimum atomic E-state index is -1.37. The molecule has 3 rings (SSSR count). The summed E-state index contributed by atoms with van der Waals surface area (Å²) in [5.74, 6) is -0.587. The first-order valence-electron chi connectivity index (χ1n) is 6.31. The SMILES string of the molecule is CC1OC(n2nnc3c([N+](=O)[O-])nn(C)c3c2=O)C(O)C1O. The van der Waals surface area contributed by atoms with Crippen molar-refractivity contribution < 1.29 is 19.9 Å². The van der Waals surface area contributed by atoms with Crippen LogP contribution in [0.1, 0.15) is 13.2 Å². The zero-order valence-corrected chi connectivity index (χ0v) is 11.5. The summed E-state index contributed by atoms with van der Waals surface area (Å²) >= 11 is 0. The average molecular weight is 312 g/mol. The maximum atomic E-state index is 12.4. The lowest BCUT2D eigenvalue weighted by Gasteiger charge is -2.14. The van der Waals surface area contributed by atoms with Gasteiger partial charge in [-0.15, -0.1) is 5.10 Å². The number of rotatable bonds is 2. The summed E-state index contributed by atoms with van der Waals surface area (Å²) < 4.78 is 7.05. The molecule has 0 aliphatic carbocycles. The van der Waals surface area contributed by atoms with Crippen LogP contribution in [0.15, 0.2) is 4.79 Å². The Hall–Kier alpha value is -2.44. The van der Waals surface area contributed by atoms with Gasteiger partial charge in [0, 0.05) is 0 Å². The fourth-order valence-corrected chi connectivity index (χ4v) is 2.39. The number of nitro groups is 1. The van der Waals surface area contributed by atoms with Crippen LogP contribution in [0, 0.1) is 10.1 Å². The topological polar surface area (TPSA) is 158 Å². The summed E-state index contributed by atoms with van der Waals surface area (Å²) in [6.07, 6.45) is -4.49. The second-order valence-electron chi connectivity index (χ2n) is 4.95. The molecule has 1 saturated heterocycles. The van der Waals surface area contributed by atoms with Gasteiger partial charge in [-0.05, 0) is 11.8 Å². The third-order valence-electron chi connectivity index (χ3n) is 3.55. The molecule has 1 aliphatic heterocycles. The number of nitrogens with zero attached hydrogens (tertiary/aromatic N) is 6. The molecular formula is C10H12N6O6. The Bertz CT molecular complexity index is 814. The molecule has 12 heteroatoms. The second kappa shape index (κ2) is 4.79. The summed E-state index contributed by atoms with van der Waals surface area (Å²) in [5, 5.41) is 41.3. The fourth-order valence-electron chi connectivity index (χ4n) is 2.39. The van der Waals surface area contributed by atoms with Crippen LogP contribution in [0.2, 0.25) is 0 Å². The molecule has 0 radical (unpaired) electrons. The molecule has 2 aromatic rings. The van der Waals surface area contributed by atoms with Crippen LogP contribution < -0.4 is 5.56 Å². The Balaban J connectivity index is 2.18. The molecule has 0 aromatic carbocycles. The van der Waals surface area contributed by atoms with Crippen LogP contribution in [0.5, 0.6) is 0 Å². The van der Waals surface area contributed by atoms with E-state index in [0.717, 1.165) is 9.36 Å². The lowest BCUT2D eigenvalue weighted by molar-refractivity contribution is -0.388. The molecule has 0 bridgehead atoms. The number of aliphatic hydroxyl groups excluding tert-OH is 2. The molecule has 0 saturated carbocycles. The standard InChI is InChI=1S/C10H12N6O6/c1-3-6(17)7(18)10(22-3)15-9(19)5-4(11-13-15)8(16(20)21)12-14(5)2/h3,6-7,10,17-18H,1-2H3. The third kappa shape index (κ3) is 1.88. The molecule has 4 unspecified atom stereocenters. The first-order valence-corrected chi connectivity index (χ1v) is 6.31. The number of aliphatic hydroxyl groups is 2. The van der Waals surface area contributed by atoms with Crippen LogP contribution in [0.3, 0.4) is 0 Å². The van der Waals surface area contributed by atoms with Gasteiger partial charge in [-0.25, -0.2) is 0 Å². The molecule has 1 aliphatic rings. The van der Waals surface area contributed by atoms with Crippen LogP contribution in [0.4, 0.5) is 5.82 Å². The van der Waals surface area contributed by atoms with E-state index in [1.807, 2.05) is 0 Å². The quantitative estimate of drug-likeness (QED) is 0.475. The maximum absolute atomic E-state index is 12.4. The van der Waals surface area contributed by atoms with Crippen LogP contribution in [-0.2, 0) is 11.8 Å². The van der Waals surface area contributed by atoms with Crippen molar-refractivity contribution in [1.82, 2.24) is 24.8 Å². The summed E-state index contributed by atoms with van der Waals surface area (Å²) in [7, 11) is 1.35. The molecule has 4 atom stereocenters. The number of fused-ring (bicyclic) bond motifs is 1. The van der Waals surface area contributed by atoms with Gasteiger partial charge in [-0.1, -0.05) is 5.21 Å². The summed E-state index contributed by atoms with van der Waals surface area (Å²) in [5.41, 5.74) is -1.17. The predicted octanol–water partition coefficient (Wildman–Crippen LogP) is -1.93. The van der Waals surface area contributed by atoms with E-state index in [9.17, 15) is 25.1 Å². The van der Waals surface area contributed by atoms with E-state index in [0.29, 0.717) is 0 Å². The number of hydrogen-bond donors (Lipinski definition) is 2. The Kier molecular flexibility index (Phi) is 3.16. The van der Waals surface area contributed by atoms with Gasteiger partial charge in [0.25, 0.3) is 0 Å². The van der Waals surface area contributed by atoms with Gasteiger partial charge >= 0.3 is 11.4 Å². The minimum absolute atomic E-state index is 0.147. The van der Waals surface area contributed by atoms with E-state index in [1.54, 1.807) is 0 Å². The summed E-state index contributed by atoms with van der Waals surface area (Å²) in [4.78, 5) is 22.5. The van der Waals surface area contributed by atoms with Crippen molar-refractivity contribution in [2.45, 2.75) is 31.5 Å². The van der Waals surface area contributed by atoms with Gasteiger partial charge in [-0.3, -0.25) is 4.79 Å². The van der Waals surface area contributed by atoms with Crippen molar-refractivity contribution in [3.05, 3.63) is 20.5 Å². The number of aromatic nitrogens is 5. The lowest BCUT2D eigenvalue weighted by Crippen LogP contribution is -2.36. The third-order valence-corrected chi connectivity index (χ3v) is 3.55. The van der Waals surface area contributed by atoms with Gasteiger partial charge in [0.15, 0.2) is 11.7 Å². The number of ether oxygens (including phenoxy) is 1. The highest BCUT2D eigenvalue weighted by Crippen LogP contribution is 2.28. The van der Waals surface area contributed by atoms with Gasteiger partial charge < -0.3 is 25.1 Å². The summed E-state index contributed by atoms with van der Waals surface area (Å²) in [6.45, 7) is 1.53. The molecule has 0 amide bonds. The Morgan fingerprint density at radius 3 is 2.59 bits per heavy atom. The Morgan fingerprint density at radius 1 is 1.36 bits per heavy atom. The van der Waals surface area contributed by atoms with Gasteiger partial charge in [-0.2, -0.15) is 9.36 Å². The van der Waals surface area contributed by atoms with E-state index in [2.05, 4.69) is 15.4 Å². The zero-order valence-electron chi connectivity index (χ0n) is 11.5. The highest BCUT2D eigenvalue weighted by atomic mass is 16.6. The minimum Gasteiger partial charge on any atom is -0.388 e. The van der Waals surface area contributed by atoms with Crippen molar-refractivity contribution in [3.8, 4) is 0 Å². The van der Waals surface area contributed by atoms with Crippen LogP contribution >= 0.6 is 0 Å². The van der Waals surface area contributed by atoms with E-state index in [4.69, 9.17) is 4.74 Å². The molecular weight excluding hydrogens is 300 g/mol. The average Bonchev–Trinajstić information content (AvgIpc) is 2.93. The summed E-state index contributed by atoms with van der Waals surface area (Å²) in [6, 6.07) is 0. The molecule has 2 aromatic heterocycles. The second-order valence-corrected chi connectivity index (χ2v) is 4.95. The highest BCUT2D eigenvalue weighted by Gasteiger charge is 2.43. The zero-order chi connectivity index (χ0) is 16.2. The molecule has 2 N–H and O–H groups in total. The molecule has 12 nitrogen and oxygen atoms in total. The van der Waals surface area contributed by atoms with Crippen molar-refractivity contribution in [3.63, 3.8) is 0 Å². The van der Waals surface area contributed by atoms with Crippen LogP contribution in [-0.4, -0.2) is 58.2 Å². The largest absolute Gasteiger partial charge is 0.418 e. The smallest absolute Gasteiger partial charge is 0.388 e. The highest BCUT2D eigenvalue weighted by molar-refractivity contribution is 5.81. The molecule has 0 spiro atoms. The van der Waals surface area contributed by atoms with Crippen molar-refractivity contribution in [2.75, 3.05) is 0 Å². The number of hydrogen-bond acceptors (Lipinski definition) is 9. The van der Waals surface area contributed by atoms with E-state index < -0.39 is 40.8 Å². The lowest BCUT2D eigenvalue weighted by atomic mass is 10.1. The van der Waals surface area contributed by atoms with Gasteiger partial charge in [0.05, 0.1) is 18.3 Å². The Labute approximate surface area is 121 Å². The first-order chi connectivity index (χ1) is 10.3.